The van der Waals surface area contributed by atoms with E-state index in [9.17, 15) is 9.59 Å². The molecule has 0 N–H and O–H groups in total. The second-order valence-electron chi connectivity index (χ2n) is 6.02. The summed E-state index contributed by atoms with van der Waals surface area (Å²) in [5.41, 5.74) is 0.608. The van der Waals surface area contributed by atoms with Crippen LogP contribution < -0.4 is 9.47 Å². The summed E-state index contributed by atoms with van der Waals surface area (Å²) in [4.78, 5) is 24.3. The number of hydrogen-bond acceptors (Lipinski definition) is 4. The Kier molecular flexibility index (Phi) is 5.38. The van der Waals surface area contributed by atoms with Gasteiger partial charge in [0, 0.05) is 9.86 Å². The van der Waals surface area contributed by atoms with Gasteiger partial charge in [0.2, 0.25) is 0 Å². The van der Waals surface area contributed by atoms with Crippen LogP contribution in [0.2, 0.25) is 0 Å². The number of hydrogen-bond donors (Lipinski definition) is 0. The highest BCUT2D eigenvalue weighted by molar-refractivity contribution is 9.10. The first-order valence-corrected chi connectivity index (χ1v) is 8.94. The van der Waals surface area contributed by atoms with Crippen LogP contribution in [0.25, 0.3) is 10.8 Å². The molecule has 0 aliphatic heterocycles. The van der Waals surface area contributed by atoms with Gasteiger partial charge in [0.25, 0.3) is 0 Å². The second-order valence-corrected chi connectivity index (χ2v) is 6.94. The van der Waals surface area contributed by atoms with Crippen LogP contribution in [0.4, 0.5) is 0 Å². The molecule has 0 aliphatic carbocycles. The quantitative estimate of drug-likeness (QED) is 0.318. The van der Waals surface area contributed by atoms with Gasteiger partial charge in [-0.1, -0.05) is 46.3 Å². The number of rotatable bonds is 5. The third kappa shape index (κ3) is 3.78. The van der Waals surface area contributed by atoms with Crippen molar-refractivity contribution in [2.75, 3.05) is 0 Å². The number of benzene rings is 3. The molecule has 4 nitrogen and oxygen atoms in total. The molecule has 26 heavy (non-hydrogen) atoms. The van der Waals surface area contributed by atoms with Crippen LogP contribution in [0.1, 0.15) is 34.6 Å². The molecule has 3 aromatic carbocycles. The van der Waals surface area contributed by atoms with E-state index in [1.165, 1.54) is 0 Å². The Morgan fingerprint density at radius 1 is 1.08 bits per heavy atom. The van der Waals surface area contributed by atoms with Gasteiger partial charge >= 0.3 is 5.97 Å². The van der Waals surface area contributed by atoms with Gasteiger partial charge in [-0.15, -0.1) is 0 Å². The van der Waals surface area contributed by atoms with Gasteiger partial charge in [0.1, 0.15) is 17.1 Å². The number of ether oxygens (including phenoxy) is 2. The van der Waals surface area contributed by atoms with Crippen LogP contribution in [0.3, 0.4) is 0 Å². The first-order chi connectivity index (χ1) is 12.5. The Bertz CT molecular complexity index is 979. The Morgan fingerprint density at radius 2 is 1.85 bits per heavy atom. The highest BCUT2D eigenvalue weighted by Crippen LogP contribution is 2.31. The molecule has 0 aliphatic rings. The van der Waals surface area contributed by atoms with Crippen molar-refractivity contribution in [3.63, 3.8) is 0 Å². The monoisotopic (exact) mass is 412 g/mol. The van der Waals surface area contributed by atoms with E-state index in [4.69, 9.17) is 9.47 Å². The summed E-state index contributed by atoms with van der Waals surface area (Å²) in [7, 11) is 0. The lowest BCUT2D eigenvalue weighted by Gasteiger charge is -2.15. The van der Waals surface area contributed by atoms with Crippen LogP contribution in [-0.2, 0) is 0 Å². The Morgan fingerprint density at radius 3 is 2.58 bits per heavy atom. The van der Waals surface area contributed by atoms with Crippen molar-refractivity contribution in [1.82, 2.24) is 0 Å². The molecule has 0 fully saturated rings. The molecule has 0 amide bonds. The van der Waals surface area contributed by atoms with Crippen molar-refractivity contribution in [1.29, 1.82) is 0 Å². The molecule has 0 bridgehead atoms. The summed E-state index contributed by atoms with van der Waals surface area (Å²) in [6.45, 7) is 3.76. The van der Waals surface area contributed by atoms with E-state index >= 15 is 0 Å². The molecule has 0 heterocycles. The maximum Gasteiger partial charge on any atom is 0.347 e. The predicted molar refractivity (Wildman–Crippen MR) is 104 cm³/mol. The molecule has 0 spiro atoms. The van der Waals surface area contributed by atoms with E-state index in [1.54, 1.807) is 24.3 Å². The molecule has 0 saturated heterocycles. The van der Waals surface area contributed by atoms with E-state index in [-0.39, 0.29) is 17.4 Å². The number of fused-ring (bicyclic) bond motifs is 1. The maximum absolute atomic E-state index is 12.8. The van der Waals surface area contributed by atoms with Crippen molar-refractivity contribution < 1.29 is 19.1 Å². The lowest BCUT2D eigenvalue weighted by molar-refractivity contribution is 0.0729. The van der Waals surface area contributed by atoms with Crippen molar-refractivity contribution in [3.8, 4) is 11.5 Å². The van der Waals surface area contributed by atoms with Gasteiger partial charge in [0.15, 0.2) is 6.29 Å². The smallest absolute Gasteiger partial charge is 0.347 e. The molecule has 0 unspecified atom stereocenters. The molecule has 0 aromatic heterocycles. The number of aldehydes is 1. The largest absolute Gasteiger partial charge is 0.490 e. The number of carbonyl (C=O) groups excluding carboxylic acids is 2. The third-order valence-corrected chi connectivity index (χ3v) is 4.25. The molecule has 0 radical (unpaired) electrons. The second kappa shape index (κ2) is 7.70. The third-order valence-electron chi connectivity index (χ3n) is 3.76. The van der Waals surface area contributed by atoms with Gasteiger partial charge < -0.3 is 9.47 Å². The lowest BCUT2D eigenvalue weighted by atomic mass is 10.1. The zero-order valence-electron chi connectivity index (χ0n) is 14.4. The minimum atomic E-state index is -0.582. The van der Waals surface area contributed by atoms with Crippen LogP contribution in [0.5, 0.6) is 11.5 Å². The van der Waals surface area contributed by atoms with Gasteiger partial charge in [-0.2, -0.15) is 0 Å². The molecule has 5 heteroatoms. The SMILES string of the molecule is CC(C)Oc1ccc(Br)cc1C(=O)Oc1c(C=O)ccc2ccccc12. The van der Waals surface area contributed by atoms with Gasteiger partial charge in [-0.05, 0) is 43.5 Å². The zero-order valence-corrected chi connectivity index (χ0v) is 15.9. The molecule has 132 valence electrons. The van der Waals surface area contributed by atoms with Gasteiger partial charge in [-0.3, -0.25) is 4.79 Å². The molecular weight excluding hydrogens is 396 g/mol. The van der Waals surface area contributed by atoms with E-state index in [1.807, 2.05) is 44.2 Å². The number of halogens is 1. The normalized spacial score (nSPS) is 10.8. The standard InChI is InChI=1S/C21H17BrO4/c1-13(2)25-19-10-9-16(22)11-18(19)21(24)26-20-15(12-23)8-7-14-5-3-4-6-17(14)20/h3-13H,1-2H3. The summed E-state index contributed by atoms with van der Waals surface area (Å²) in [6, 6.07) is 16.1. The van der Waals surface area contributed by atoms with Crippen molar-refractivity contribution >= 4 is 39.0 Å². The summed E-state index contributed by atoms with van der Waals surface area (Å²) in [6.07, 6.45) is 0.590. The summed E-state index contributed by atoms with van der Waals surface area (Å²) >= 11 is 3.36. The van der Waals surface area contributed by atoms with Crippen molar-refractivity contribution in [2.24, 2.45) is 0 Å². The fourth-order valence-electron chi connectivity index (χ4n) is 2.63. The fraction of sp³-hybridized carbons (Fsp3) is 0.143. The lowest BCUT2D eigenvalue weighted by Crippen LogP contribution is -2.14. The molecule has 0 saturated carbocycles. The minimum absolute atomic E-state index is 0.0918. The average molecular weight is 413 g/mol. The van der Waals surface area contributed by atoms with Crippen LogP contribution in [0, 0.1) is 0 Å². The van der Waals surface area contributed by atoms with Crippen molar-refractivity contribution in [3.05, 3.63) is 70.2 Å². The van der Waals surface area contributed by atoms with E-state index in [2.05, 4.69) is 15.9 Å². The summed E-state index contributed by atoms with van der Waals surface area (Å²) in [5, 5.41) is 1.58. The first-order valence-electron chi connectivity index (χ1n) is 8.15. The topological polar surface area (TPSA) is 52.6 Å². The predicted octanol–water partition coefficient (Wildman–Crippen LogP) is 5.42. The van der Waals surface area contributed by atoms with Crippen LogP contribution in [-0.4, -0.2) is 18.4 Å². The Hall–Kier alpha value is -2.66. The molecule has 3 aromatic rings. The zero-order chi connectivity index (χ0) is 18.7. The minimum Gasteiger partial charge on any atom is -0.490 e. The van der Waals surface area contributed by atoms with E-state index in [0.29, 0.717) is 23.0 Å². The van der Waals surface area contributed by atoms with Crippen molar-refractivity contribution in [2.45, 2.75) is 20.0 Å². The number of esters is 1. The van der Waals surface area contributed by atoms with E-state index in [0.717, 1.165) is 9.86 Å². The molecular formula is C21H17BrO4. The van der Waals surface area contributed by atoms with E-state index < -0.39 is 5.97 Å². The highest BCUT2D eigenvalue weighted by Gasteiger charge is 2.19. The number of carbonyl (C=O) groups is 2. The molecule has 0 atom stereocenters. The van der Waals surface area contributed by atoms with Crippen LogP contribution >= 0.6 is 15.9 Å². The fourth-order valence-corrected chi connectivity index (χ4v) is 2.99. The summed E-state index contributed by atoms with van der Waals surface area (Å²) < 4.78 is 12.1. The first kappa shape index (κ1) is 18.1. The van der Waals surface area contributed by atoms with Gasteiger partial charge in [0.05, 0.1) is 11.7 Å². The van der Waals surface area contributed by atoms with Crippen LogP contribution in [0.15, 0.2) is 59.1 Å². The maximum atomic E-state index is 12.8. The highest BCUT2D eigenvalue weighted by atomic mass is 79.9. The Balaban J connectivity index is 2.05. The average Bonchev–Trinajstić information content (AvgIpc) is 2.63. The molecule has 3 rings (SSSR count). The summed E-state index contributed by atoms with van der Waals surface area (Å²) in [5.74, 6) is 0.0982. The van der Waals surface area contributed by atoms with Gasteiger partial charge in [-0.25, -0.2) is 4.79 Å². The Labute approximate surface area is 159 Å².